The number of carboxylic acid groups (broad SMARTS) is 1. The summed E-state index contributed by atoms with van der Waals surface area (Å²) < 4.78 is 27.5. The van der Waals surface area contributed by atoms with Gasteiger partial charge in [0, 0.05) is 7.05 Å². The zero-order valence-electron chi connectivity index (χ0n) is 10.5. The highest BCUT2D eigenvalue weighted by molar-refractivity contribution is 7.91. The number of nitrogens with zero attached hydrogens (tertiary/aromatic N) is 3. The van der Waals surface area contributed by atoms with E-state index in [-0.39, 0.29) is 17.3 Å². The van der Waals surface area contributed by atoms with Crippen molar-refractivity contribution in [1.29, 1.82) is 0 Å². The van der Waals surface area contributed by atoms with E-state index in [0.29, 0.717) is 5.56 Å². The number of sulfonamides is 1. The number of anilines is 1. The zero-order chi connectivity index (χ0) is 14.8. The Morgan fingerprint density at radius 1 is 1.45 bits per heavy atom. The monoisotopic (exact) mass is 296 g/mol. The third-order valence-electron chi connectivity index (χ3n) is 2.49. The van der Waals surface area contributed by atoms with Crippen LogP contribution in [0.25, 0.3) is 0 Å². The Kier molecular flexibility index (Phi) is 3.70. The zero-order valence-corrected chi connectivity index (χ0v) is 11.3. The fourth-order valence-electron chi connectivity index (χ4n) is 1.58. The summed E-state index contributed by atoms with van der Waals surface area (Å²) in [6.07, 6.45) is 1.23. The van der Waals surface area contributed by atoms with Gasteiger partial charge in [-0.3, -0.25) is 4.72 Å². The van der Waals surface area contributed by atoms with E-state index < -0.39 is 16.0 Å². The molecule has 0 spiro atoms. The van der Waals surface area contributed by atoms with Crippen molar-refractivity contribution < 1.29 is 18.3 Å². The van der Waals surface area contributed by atoms with Crippen LogP contribution in [-0.2, 0) is 22.8 Å². The Morgan fingerprint density at radius 3 is 2.80 bits per heavy atom. The second-order valence-corrected chi connectivity index (χ2v) is 5.80. The summed E-state index contributed by atoms with van der Waals surface area (Å²) in [5.74, 6) is -1.36. The van der Waals surface area contributed by atoms with Crippen molar-refractivity contribution in [2.24, 2.45) is 7.05 Å². The summed E-state index contributed by atoms with van der Waals surface area (Å²) in [7, 11) is -2.14. The molecule has 0 bridgehead atoms. The molecule has 9 heteroatoms. The summed E-state index contributed by atoms with van der Waals surface area (Å²) in [6, 6.07) is 5.76. The van der Waals surface area contributed by atoms with Crippen LogP contribution in [0.15, 0.2) is 30.6 Å². The number of carbonyl (C=O) groups is 1. The smallest absolute Gasteiger partial charge is 0.335 e. The Morgan fingerprint density at radius 2 is 2.20 bits per heavy atom. The third kappa shape index (κ3) is 3.32. The molecule has 0 radical (unpaired) electrons. The van der Waals surface area contributed by atoms with Crippen LogP contribution < -0.4 is 4.72 Å². The highest BCUT2D eigenvalue weighted by Crippen LogP contribution is 2.11. The van der Waals surface area contributed by atoms with Crippen LogP contribution >= 0.6 is 0 Å². The minimum absolute atomic E-state index is 0.0383. The summed E-state index contributed by atoms with van der Waals surface area (Å²) in [5.41, 5.74) is 0.413. The highest BCUT2D eigenvalue weighted by atomic mass is 32.2. The van der Waals surface area contributed by atoms with E-state index in [1.807, 2.05) is 0 Å². The average molecular weight is 296 g/mol. The van der Waals surface area contributed by atoms with Gasteiger partial charge in [0.1, 0.15) is 6.33 Å². The molecule has 0 atom stereocenters. The molecule has 0 amide bonds. The van der Waals surface area contributed by atoms with Crippen molar-refractivity contribution in [3.05, 3.63) is 41.7 Å². The molecule has 0 saturated heterocycles. The van der Waals surface area contributed by atoms with Gasteiger partial charge in [0.25, 0.3) is 0 Å². The topological polar surface area (TPSA) is 114 Å². The molecule has 0 aliphatic rings. The molecule has 2 rings (SSSR count). The molecular formula is C11H12N4O4S. The van der Waals surface area contributed by atoms with Crippen LogP contribution in [0.1, 0.15) is 15.9 Å². The number of nitrogens with one attached hydrogen (secondary N) is 1. The van der Waals surface area contributed by atoms with E-state index in [0.717, 1.165) is 0 Å². The van der Waals surface area contributed by atoms with Gasteiger partial charge in [0.2, 0.25) is 16.0 Å². The molecule has 0 aliphatic carbocycles. The number of hydrogen-bond acceptors (Lipinski definition) is 5. The first-order chi connectivity index (χ1) is 9.37. The molecule has 1 heterocycles. The lowest BCUT2D eigenvalue weighted by Gasteiger charge is -2.07. The number of aryl methyl sites for hydroxylation is 1. The fraction of sp³-hybridized carbons (Fsp3) is 0.182. The number of aromatic carboxylic acids is 1. The van der Waals surface area contributed by atoms with Crippen molar-refractivity contribution in [2.75, 3.05) is 4.72 Å². The molecule has 8 nitrogen and oxygen atoms in total. The van der Waals surface area contributed by atoms with Gasteiger partial charge in [-0.25, -0.2) is 17.9 Å². The minimum atomic E-state index is -3.69. The SMILES string of the molecule is Cn1ncnc1NS(=O)(=O)Cc1cccc(C(=O)O)c1. The second kappa shape index (κ2) is 5.29. The Balaban J connectivity index is 2.18. The second-order valence-electron chi connectivity index (χ2n) is 4.07. The van der Waals surface area contributed by atoms with Gasteiger partial charge >= 0.3 is 5.97 Å². The molecule has 0 saturated carbocycles. The molecule has 20 heavy (non-hydrogen) atoms. The van der Waals surface area contributed by atoms with Crippen molar-refractivity contribution in [3.63, 3.8) is 0 Å². The summed E-state index contributed by atoms with van der Waals surface area (Å²) in [6.45, 7) is 0. The maximum atomic E-state index is 12.0. The number of aromatic nitrogens is 3. The summed E-state index contributed by atoms with van der Waals surface area (Å²) in [5, 5.41) is 12.6. The fourth-order valence-corrected chi connectivity index (χ4v) is 2.73. The maximum absolute atomic E-state index is 12.0. The van der Waals surface area contributed by atoms with Crippen molar-refractivity contribution in [3.8, 4) is 0 Å². The van der Waals surface area contributed by atoms with Gasteiger partial charge in [-0.15, -0.1) is 0 Å². The quantitative estimate of drug-likeness (QED) is 0.828. The molecule has 0 aliphatic heterocycles. The summed E-state index contributed by atoms with van der Waals surface area (Å²) in [4.78, 5) is 14.6. The molecule has 1 aromatic heterocycles. The van der Waals surface area contributed by atoms with Crippen molar-refractivity contribution >= 4 is 21.9 Å². The standard InChI is InChI=1S/C11H12N4O4S/c1-15-11(12-7-13-15)14-20(18,19)6-8-3-2-4-9(5-8)10(16)17/h2-5,7H,6H2,1H3,(H,16,17)(H,12,13,14). The van der Waals surface area contributed by atoms with E-state index in [9.17, 15) is 13.2 Å². The van der Waals surface area contributed by atoms with Crippen LogP contribution in [0, 0.1) is 0 Å². The first-order valence-electron chi connectivity index (χ1n) is 5.54. The molecular weight excluding hydrogens is 284 g/mol. The Labute approximate surface area is 115 Å². The predicted octanol–water partition coefficient (Wildman–Crippen LogP) is 0.455. The first kappa shape index (κ1) is 14.0. The number of hydrogen-bond donors (Lipinski definition) is 2. The highest BCUT2D eigenvalue weighted by Gasteiger charge is 2.15. The number of carboxylic acids is 1. The average Bonchev–Trinajstić information content (AvgIpc) is 2.74. The molecule has 2 N–H and O–H groups in total. The van der Waals surface area contributed by atoms with Gasteiger partial charge in [0.15, 0.2) is 0 Å². The van der Waals surface area contributed by atoms with E-state index in [1.165, 1.54) is 29.2 Å². The van der Waals surface area contributed by atoms with Crippen LogP contribution in [0.3, 0.4) is 0 Å². The van der Waals surface area contributed by atoms with E-state index in [2.05, 4.69) is 14.8 Å². The minimum Gasteiger partial charge on any atom is -0.478 e. The van der Waals surface area contributed by atoms with Gasteiger partial charge < -0.3 is 5.11 Å². The number of benzene rings is 1. The summed E-state index contributed by atoms with van der Waals surface area (Å²) >= 11 is 0. The lowest BCUT2D eigenvalue weighted by atomic mass is 10.1. The van der Waals surface area contributed by atoms with Crippen LogP contribution in [0.5, 0.6) is 0 Å². The van der Waals surface area contributed by atoms with Crippen LogP contribution in [0.2, 0.25) is 0 Å². The normalized spacial score (nSPS) is 11.2. The van der Waals surface area contributed by atoms with E-state index in [4.69, 9.17) is 5.11 Å². The predicted molar refractivity (Wildman–Crippen MR) is 70.7 cm³/mol. The molecule has 2 aromatic rings. The van der Waals surface area contributed by atoms with Gasteiger partial charge in [-0.1, -0.05) is 12.1 Å². The van der Waals surface area contributed by atoms with Crippen molar-refractivity contribution in [1.82, 2.24) is 14.8 Å². The largest absolute Gasteiger partial charge is 0.478 e. The lowest BCUT2D eigenvalue weighted by molar-refractivity contribution is 0.0696. The van der Waals surface area contributed by atoms with Crippen LogP contribution in [-0.4, -0.2) is 34.3 Å². The molecule has 106 valence electrons. The number of rotatable bonds is 5. The van der Waals surface area contributed by atoms with Gasteiger partial charge in [-0.2, -0.15) is 10.1 Å². The Bertz CT molecular complexity index is 738. The molecule has 0 unspecified atom stereocenters. The lowest BCUT2D eigenvalue weighted by Crippen LogP contribution is -2.18. The van der Waals surface area contributed by atoms with E-state index >= 15 is 0 Å². The van der Waals surface area contributed by atoms with Gasteiger partial charge in [0.05, 0.1) is 11.3 Å². The third-order valence-corrected chi connectivity index (χ3v) is 3.70. The first-order valence-corrected chi connectivity index (χ1v) is 7.19. The van der Waals surface area contributed by atoms with Crippen LogP contribution in [0.4, 0.5) is 5.95 Å². The maximum Gasteiger partial charge on any atom is 0.335 e. The molecule has 1 aromatic carbocycles. The van der Waals surface area contributed by atoms with Gasteiger partial charge in [-0.05, 0) is 17.7 Å². The van der Waals surface area contributed by atoms with Crippen molar-refractivity contribution in [2.45, 2.75) is 5.75 Å². The molecule has 0 fully saturated rings. The van der Waals surface area contributed by atoms with E-state index in [1.54, 1.807) is 13.1 Å². The Hall–Kier alpha value is -2.42.